The van der Waals surface area contributed by atoms with Crippen molar-refractivity contribution in [2.75, 3.05) is 0 Å². The van der Waals surface area contributed by atoms with Gasteiger partial charge in [-0.1, -0.05) is 27.7 Å². The third-order valence-electron chi connectivity index (χ3n) is 1.70. The minimum Gasteiger partial charge on any atom is -0.141 e. The Kier molecular flexibility index (Phi) is 3.86. The van der Waals surface area contributed by atoms with Gasteiger partial charge < -0.3 is 0 Å². The highest BCUT2D eigenvalue weighted by molar-refractivity contribution is 7.98. The second kappa shape index (κ2) is 5.16. The fourth-order valence-corrected chi connectivity index (χ4v) is 2.72. The van der Waals surface area contributed by atoms with Gasteiger partial charge in [0.1, 0.15) is 10.0 Å². The molecule has 0 amide bonds. The molecule has 0 atom stereocenters. The van der Waals surface area contributed by atoms with Gasteiger partial charge in [0, 0.05) is 27.2 Å². The number of benzene rings is 1. The van der Waals surface area contributed by atoms with Gasteiger partial charge in [-0.3, -0.25) is 0 Å². The number of thioether (sulfide) groups is 1. The molecule has 1 heterocycles. The van der Waals surface area contributed by atoms with Gasteiger partial charge in [-0.25, -0.2) is 0 Å². The van der Waals surface area contributed by atoms with E-state index in [2.05, 4.69) is 9.59 Å². The van der Waals surface area contributed by atoms with Crippen LogP contribution in [0.15, 0.2) is 29.2 Å². The Labute approximate surface area is 106 Å². The van der Waals surface area contributed by atoms with E-state index in [0.29, 0.717) is 4.34 Å². The molecule has 0 saturated carbocycles. The zero-order valence-electron chi connectivity index (χ0n) is 7.48. The average molecular weight is 277 g/mol. The fraction of sp³-hybridized carbons (Fsp3) is 0.111. The van der Waals surface area contributed by atoms with Crippen molar-refractivity contribution in [3.05, 3.63) is 39.3 Å². The maximum absolute atomic E-state index is 5.89. The molecule has 1 aromatic carbocycles. The Morgan fingerprint density at radius 3 is 2.53 bits per heavy atom. The molecule has 0 aliphatic rings. The van der Waals surface area contributed by atoms with Gasteiger partial charge in [0.2, 0.25) is 0 Å². The van der Waals surface area contributed by atoms with Gasteiger partial charge >= 0.3 is 0 Å². The molecular formula is C9H6Cl2N2S2. The van der Waals surface area contributed by atoms with Crippen molar-refractivity contribution in [1.82, 2.24) is 9.59 Å². The smallest absolute Gasteiger partial charge is 0.138 e. The predicted octanol–water partition coefficient (Wildman–Crippen LogP) is 4.14. The molecule has 0 aliphatic heterocycles. The van der Waals surface area contributed by atoms with E-state index >= 15 is 0 Å². The van der Waals surface area contributed by atoms with E-state index in [1.54, 1.807) is 11.8 Å². The molecule has 0 aliphatic carbocycles. The van der Waals surface area contributed by atoms with Crippen LogP contribution in [0.1, 0.15) is 5.69 Å². The molecule has 78 valence electrons. The molecular weight excluding hydrogens is 271 g/mol. The van der Waals surface area contributed by atoms with Gasteiger partial charge in [0.25, 0.3) is 0 Å². The second-order valence-electron chi connectivity index (χ2n) is 2.74. The van der Waals surface area contributed by atoms with E-state index in [-0.39, 0.29) is 0 Å². The number of hydrogen-bond acceptors (Lipinski definition) is 4. The van der Waals surface area contributed by atoms with E-state index in [9.17, 15) is 0 Å². The van der Waals surface area contributed by atoms with Gasteiger partial charge in [0.05, 0.1) is 0 Å². The first-order valence-corrected chi connectivity index (χ1v) is 6.62. The standard InChI is InChI=1S/C9H6Cl2N2S2/c10-6-1-3-7(4-2-6)14-5-8-9(11)15-13-12-8/h1-4H,5H2. The summed E-state index contributed by atoms with van der Waals surface area (Å²) in [6.45, 7) is 0. The van der Waals surface area contributed by atoms with Crippen molar-refractivity contribution >= 4 is 46.5 Å². The molecule has 0 unspecified atom stereocenters. The lowest BCUT2D eigenvalue weighted by atomic mass is 10.4. The highest BCUT2D eigenvalue weighted by Crippen LogP contribution is 2.27. The molecule has 2 rings (SSSR count). The average Bonchev–Trinajstić information content (AvgIpc) is 2.63. The topological polar surface area (TPSA) is 25.8 Å². The van der Waals surface area contributed by atoms with E-state index in [4.69, 9.17) is 23.2 Å². The van der Waals surface area contributed by atoms with Crippen molar-refractivity contribution < 1.29 is 0 Å². The molecule has 0 N–H and O–H groups in total. The quantitative estimate of drug-likeness (QED) is 0.789. The molecule has 2 aromatic rings. The number of halogens is 2. The van der Waals surface area contributed by atoms with Gasteiger partial charge in [0.15, 0.2) is 0 Å². The van der Waals surface area contributed by atoms with Crippen LogP contribution in [0, 0.1) is 0 Å². The third-order valence-corrected chi connectivity index (χ3v) is 3.96. The zero-order valence-corrected chi connectivity index (χ0v) is 10.6. The summed E-state index contributed by atoms with van der Waals surface area (Å²) in [5.41, 5.74) is 0.835. The van der Waals surface area contributed by atoms with Crippen molar-refractivity contribution in [1.29, 1.82) is 0 Å². The van der Waals surface area contributed by atoms with Crippen LogP contribution < -0.4 is 0 Å². The summed E-state index contributed by atoms with van der Waals surface area (Å²) in [6, 6.07) is 7.68. The summed E-state index contributed by atoms with van der Waals surface area (Å²) in [6.07, 6.45) is 0. The van der Waals surface area contributed by atoms with Crippen molar-refractivity contribution in [3.8, 4) is 0 Å². The number of rotatable bonds is 3. The molecule has 15 heavy (non-hydrogen) atoms. The van der Waals surface area contributed by atoms with Crippen LogP contribution in [0.2, 0.25) is 9.36 Å². The largest absolute Gasteiger partial charge is 0.141 e. The van der Waals surface area contributed by atoms with Gasteiger partial charge in [-0.2, -0.15) is 0 Å². The summed E-state index contributed by atoms with van der Waals surface area (Å²) >= 11 is 14.5. The number of aromatic nitrogens is 2. The SMILES string of the molecule is Clc1ccc(SCc2nnsc2Cl)cc1. The molecule has 0 radical (unpaired) electrons. The minimum atomic E-state index is 0.663. The maximum atomic E-state index is 5.89. The van der Waals surface area contributed by atoms with E-state index in [0.717, 1.165) is 21.4 Å². The van der Waals surface area contributed by atoms with Crippen LogP contribution in [0.5, 0.6) is 0 Å². The third kappa shape index (κ3) is 3.08. The summed E-state index contributed by atoms with van der Waals surface area (Å²) < 4.78 is 4.44. The Hall–Kier alpha value is -0.290. The molecule has 0 saturated heterocycles. The van der Waals surface area contributed by atoms with E-state index < -0.39 is 0 Å². The summed E-state index contributed by atoms with van der Waals surface area (Å²) in [4.78, 5) is 1.14. The summed E-state index contributed by atoms with van der Waals surface area (Å²) in [7, 11) is 0. The Morgan fingerprint density at radius 1 is 1.20 bits per heavy atom. The summed E-state index contributed by atoms with van der Waals surface area (Å²) in [5.74, 6) is 0.733. The highest BCUT2D eigenvalue weighted by Gasteiger charge is 2.05. The van der Waals surface area contributed by atoms with E-state index in [1.807, 2.05) is 24.3 Å². The molecule has 0 bridgehead atoms. The van der Waals surface area contributed by atoms with Crippen LogP contribution in [0.3, 0.4) is 0 Å². The monoisotopic (exact) mass is 276 g/mol. The van der Waals surface area contributed by atoms with Crippen LogP contribution in [0.25, 0.3) is 0 Å². The first-order chi connectivity index (χ1) is 7.25. The Bertz CT molecular complexity index is 442. The first kappa shape index (κ1) is 11.2. The lowest BCUT2D eigenvalue weighted by molar-refractivity contribution is 1.07. The first-order valence-electron chi connectivity index (χ1n) is 4.11. The van der Waals surface area contributed by atoms with Crippen molar-refractivity contribution in [3.63, 3.8) is 0 Å². The Balaban J connectivity index is 1.99. The summed E-state index contributed by atoms with van der Waals surface area (Å²) in [5, 5.41) is 4.68. The number of nitrogens with zero attached hydrogens (tertiary/aromatic N) is 2. The predicted molar refractivity (Wildman–Crippen MR) is 65.9 cm³/mol. The fourth-order valence-electron chi connectivity index (χ4n) is 0.966. The van der Waals surface area contributed by atoms with E-state index in [1.165, 1.54) is 11.5 Å². The number of hydrogen-bond donors (Lipinski definition) is 0. The van der Waals surface area contributed by atoms with Gasteiger partial charge in [-0.05, 0) is 24.3 Å². The van der Waals surface area contributed by atoms with Crippen LogP contribution in [-0.4, -0.2) is 9.59 Å². The minimum absolute atomic E-state index is 0.663. The van der Waals surface area contributed by atoms with Crippen LogP contribution >= 0.6 is 46.5 Å². The lowest BCUT2D eigenvalue weighted by Crippen LogP contribution is -1.81. The van der Waals surface area contributed by atoms with Crippen molar-refractivity contribution in [2.24, 2.45) is 0 Å². The highest BCUT2D eigenvalue weighted by atomic mass is 35.5. The van der Waals surface area contributed by atoms with Crippen LogP contribution in [-0.2, 0) is 5.75 Å². The van der Waals surface area contributed by atoms with Crippen LogP contribution in [0.4, 0.5) is 0 Å². The maximum Gasteiger partial charge on any atom is 0.138 e. The molecule has 2 nitrogen and oxygen atoms in total. The zero-order chi connectivity index (χ0) is 10.7. The molecule has 0 spiro atoms. The second-order valence-corrected chi connectivity index (χ2v) is 5.58. The molecule has 6 heteroatoms. The lowest BCUT2D eigenvalue weighted by Gasteiger charge is -1.99. The van der Waals surface area contributed by atoms with Gasteiger partial charge in [-0.15, -0.1) is 16.9 Å². The Morgan fingerprint density at radius 2 is 1.93 bits per heavy atom. The van der Waals surface area contributed by atoms with Crippen molar-refractivity contribution in [2.45, 2.75) is 10.6 Å². The normalized spacial score (nSPS) is 10.5. The molecule has 0 fully saturated rings. The molecule has 1 aromatic heterocycles.